The zero-order valence-electron chi connectivity index (χ0n) is 18.6. The summed E-state index contributed by atoms with van der Waals surface area (Å²) in [4.78, 5) is 0. The van der Waals surface area contributed by atoms with E-state index in [0.717, 1.165) is 24.3 Å². The van der Waals surface area contributed by atoms with E-state index in [9.17, 15) is 0 Å². The summed E-state index contributed by atoms with van der Waals surface area (Å²) < 4.78 is 19.5. The van der Waals surface area contributed by atoms with E-state index < -0.39 is 16.6 Å². The molecule has 0 fully saturated rings. The van der Waals surface area contributed by atoms with Gasteiger partial charge >= 0.3 is 0 Å². The molecular weight excluding hydrogens is 396 g/mol. The predicted molar refractivity (Wildman–Crippen MR) is 127 cm³/mol. The molecule has 0 radical (unpaired) electrons. The van der Waals surface area contributed by atoms with Crippen molar-refractivity contribution in [2.45, 2.75) is 64.3 Å². The van der Waals surface area contributed by atoms with Crippen molar-refractivity contribution in [3.63, 3.8) is 0 Å². The van der Waals surface area contributed by atoms with Crippen molar-refractivity contribution < 1.29 is 13.6 Å². The molecule has 0 amide bonds. The van der Waals surface area contributed by atoms with Crippen LogP contribution in [0.4, 0.5) is 11.4 Å². The van der Waals surface area contributed by atoms with Crippen LogP contribution in [0.1, 0.15) is 26.7 Å². The van der Waals surface area contributed by atoms with Gasteiger partial charge in [-0.25, -0.2) is 0 Å². The van der Waals surface area contributed by atoms with Crippen molar-refractivity contribution in [3.05, 3.63) is 48.5 Å². The molecule has 2 aromatic carbocycles. The lowest BCUT2D eigenvalue weighted by atomic mass is 10.3. The summed E-state index contributed by atoms with van der Waals surface area (Å²) in [5.41, 5.74) is 13.3. The van der Waals surface area contributed by atoms with Gasteiger partial charge in [0.2, 0.25) is 16.6 Å². The van der Waals surface area contributed by atoms with Crippen LogP contribution in [-0.2, 0) is 4.12 Å². The van der Waals surface area contributed by atoms with E-state index in [1.165, 1.54) is 0 Å². The molecule has 7 heteroatoms. The number of nitrogens with two attached hydrogens (primary N) is 2. The van der Waals surface area contributed by atoms with Crippen LogP contribution in [0.15, 0.2) is 48.5 Å². The van der Waals surface area contributed by atoms with Crippen LogP contribution in [0.25, 0.3) is 0 Å². The third-order valence-electron chi connectivity index (χ3n) is 5.09. The van der Waals surface area contributed by atoms with Gasteiger partial charge in [-0.3, -0.25) is 0 Å². The second-order valence-electron chi connectivity index (χ2n) is 8.48. The highest BCUT2D eigenvalue weighted by molar-refractivity contribution is 6.86. The van der Waals surface area contributed by atoms with Crippen LogP contribution < -0.4 is 20.9 Å². The van der Waals surface area contributed by atoms with Gasteiger partial charge in [0.1, 0.15) is 23.0 Å². The molecule has 0 aliphatic heterocycles. The highest BCUT2D eigenvalue weighted by Gasteiger charge is 2.44. The molecule has 0 aliphatic rings. The fourth-order valence-corrected chi connectivity index (χ4v) is 13.0. The topological polar surface area (TPSA) is 79.7 Å². The Morgan fingerprint density at radius 1 is 0.724 bits per heavy atom. The largest absolute Gasteiger partial charge is 0.491 e. The molecule has 2 rings (SSSR count). The van der Waals surface area contributed by atoms with Crippen LogP contribution in [0.2, 0.25) is 26.2 Å². The number of hydrogen-bond acceptors (Lipinski definition) is 5. The van der Waals surface area contributed by atoms with Gasteiger partial charge in [-0.1, -0.05) is 26.0 Å². The average molecular weight is 433 g/mol. The Kier molecular flexibility index (Phi) is 7.79. The van der Waals surface area contributed by atoms with Gasteiger partial charge in [0.15, 0.2) is 0 Å². The van der Waals surface area contributed by atoms with Crippen molar-refractivity contribution in [2.24, 2.45) is 0 Å². The Balaban J connectivity index is 2.15. The Morgan fingerprint density at radius 3 is 1.41 bits per heavy atom. The Morgan fingerprint density at radius 2 is 1.10 bits per heavy atom. The van der Waals surface area contributed by atoms with Crippen LogP contribution in [-0.4, -0.2) is 28.1 Å². The standard InChI is InChI=1S/C22H36N2O3Si2/c1-7-21(25-19-13-9-11-17(23)15-19)28(3,4)27-29(5,6)22(8-2)26-20-14-10-12-18(24)16-20/h9-16,21-22H,7-8,23-24H2,1-6H3. The van der Waals surface area contributed by atoms with E-state index in [1.807, 2.05) is 48.5 Å². The Labute approximate surface area is 177 Å². The lowest BCUT2D eigenvalue weighted by molar-refractivity contribution is 0.223. The zero-order chi connectivity index (χ0) is 21.7. The number of nitrogen functional groups attached to an aromatic ring is 2. The van der Waals surface area contributed by atoms with E-state index in [1.54, 1.807) is 0 Å². The first-order valence-electron chi connectivity index (χ1n) is 10.3. The number of benzene rings is 2. The fraction of sp³-hybridized carbons (Fsp3) is 0.455. The van der Waals surface area contributed by atoms with Gasteiger partial charge in [0.05, 0.1) is 0 Å². The highest BCUT2D eigenvalue weighted by atomic mass is 28.4. The summed E-state index contributed by atoms with van der Waals surface area (Å²) in [5.74, 6) is 1.59. The molecule has 29 heavy (non-hydrogen) atoms. The van der Waals surface area contributed by atoms with Crippen molar-refractivity contribution in [2.75, 3.05) is 11.5 Å². The summed E-state index contributed by atoms with van der Waals surface area (Å²) in [6.07, 6.45) is 1.76. The van der Waals surface area contributed by atoms with E-state index in [2.05, 4.69) is 40.0 Å². The second-order valence-corrected chi connectivity index (χ2v) is 17.0. The Hall–Kier alpha value is -1.97. The zero-order valence-corrected chi connectivity index (χ0v) is 20.6. The van der Waals surface area contributed by atoms with Crippen LogP contribution in [0, 0.1) is 0 Å². The quantitative estimate of drug-likeness (QED) is 0.390. The maximum Gasteiger partial charge on any atom is 0.217 e. The molecule has 5 nitrogen and oxygen atoms in total. The molecule has 0 saturated carbocycles. The minimum absolute atomic E-state index is 0.0287. The molecule has 4 N–H and O–H groups in total. The summed E-state index contributed by atoms with van der Waals surface area (Å²) in [7, 11) is -4.36. The first-order valence-corrected chi connectivity index (χ1v) is 16.3. The minimum Gasteiger partial charge on any atom is -0.491 e. The van der Waals surface area contributed by atoms with Gasteiger partial charge in [-0.15, -0.1) is 0 Å². The number of ether oxygens (including phenoxy) is 2. The first-order chi connectivity index (χ1) is 13.6. The highest BCUT2D eigenvalue weighted by Crippen LogP contribution is 2.29. The van der Waals surface area contributed by atoms with Crippen molar-refractivity contribution in [1.29, 1.82) is 0 Å². The van der Waals surface area contributed by atoms with Crippen molar-refractivity contribution in [1.82, 2.24) is 0 Å². The van der Waals surface area contributed by atoms with Gasteiger partial charge in [-0.05, 0) is 63.3 Å². The van der Waals surface area contributed by atoms with Crippen LogP contribution in [0.5, 0.6) is 11.5 Å². The maximum atomic E-state index is 6.90. The van der Waals surface area contributed by atoms with Crippen LogP contribution in [0.3, 0.4) is 0 Å². The normalized spacial score (nSPS) is 14.3. The third kappa shape index (κ3) is 6.52. The molecule has 0 aliphatic carbocycles. The summed E-state index contributed by atoms with van der Waals surface area (Å²) >= 11 is 0. The van der Waals surface area contributed by atoms with Gasteiger partial charge in [0, 0.05) is 23.5 Å². The van der Waals surface area contributed by atoms with Gasteiger partial charge < -0.3 is 25.1 Å². The minimum atomic E-state index is -2.18. The second kappa shape index (κ2) is 9.69. The smallest absolute Gasteiger partial charge is 0.217 e. The van der Waals surface area contributed by atoms with E-state index in [-0.39, 0.29) is 11.5 Å². The molecule has 0 saturated heterocycles. The first kappa shape index (κ1) is 23.3. The van der Waals surface area contributed by atoms with E-state index >= 15 is 0 Å². The molecule has 160 valence electrons. The fourth-order valence-electron chi connectivity index (χ4n) is 3.75. The van der Waals surface area contributed by atoms with Crippen molar-refractivity contribution in [3.8, 4) is 11.5 Å². The number of hydrogen-bond donors (Lipinski definition) is 2. The predicted octanol–water partition coefficient (Wildman–Crippen LogP) is 5.37. The monoisotopic (exact) mass is 432 g/mol. The van der Waals surface area contributed by atoms with Gasteiger partial charge in [-0.2, -0.15) is 0 Å². The van der Waals surface area contributed by atoms with Crippen LogP contribution >= 0.6 is 0 Å². The molecule has 0 bridgehead atoms. The van der Waals surface area contributed by atoms with E-state index in [0.29, 0.717) is 11.4 Å². The van der Waals surface area contributed by atoms with Gasteiger partial charge in [0.25, 0.3) is 0 Å². The molecule has 0 spiro atoms. The van der Waals surface area contributed by atoms with Crippen molar-refractivity contribution >= 4 is 28.0 Å². The lowest BCUT2D eigenvalue weighted by Crippen LogP contribution is -2.59. The number of rotatable bonds is 10. The number of anilines is 2. The molecule has 2 atom stereocenters. The third-order valence-corrected chi connectivity index (χ3v) is 13.5. The molecule has 0 heterocycles. The molecule has 2 aromatic rings. The summed E-state index contributed by atoms with van der Waals surface area (Å²) in [6, 6.07) is 15.2. The van der Waals surface area contributed by atoms with E-state index in [4.69, 9.17) is 25.1 Å². The summed E-state index contributed by atoms with van der Waals surface area (Å²) in [6.45, 7) is 13.2. The summed E-state index contributed by atoms with van der Waals surface area (Å²) in [5, 5.41) is 0. The Bertz CT molecular complexity index is 734. The molecule has 0 aromatic heterocycles. The average Bonchev–Trinajstić information content (AvgIpc) is 2.63. The molecule has 2 unspecified atom stereocenters. The molecular formula is C22H36N2O3Si2. The lowest BCUT2D eigenvalue weighted by Gasteiger charge is -2.41. The maximum absolute atomic E-state index is 6.90. The SMILES string of the molecule is CCC(Oc1cccc(N)c1)[Si](C)(C)O[Si](C)(C)C(CC)Oc1cccc(N)c1.